The van der Waals surface area contributed by atoms with Crippen molar-refractivity contribution in [2.45, 2.75) is 19.0 Å². The van der Waals surface area contributed by atoms with E-state index in [0.29, 0.717) is 5.69 Å². The Labute approximate surface area is 172 Å². The molecule has 2 fully saturated rings. The molecule has 4 atom stereocenters. The first kappa shape index (κ1) is 18.4. The number of hydrazone groups is 1. The minimum absolute atomic E-state index is 0.277. The van der Waals surface area contributed by atoms with Gasteiger partial charge in [0.2, 0.25) is 11.8 Å². The number of imide groups is 1. The topological polar surface area (TPSA) is 70.1 Å². The number of amides is 2. The second-order valence-electron chi connectivity index (χ2n) is 7.74. The Bertz CT molecular complexity index is 1110. The summed E-state index contributed by atoms with van der Waals surface area (Å²) in [4.78, 5) is 41.3. The maximum absolute atomic E-state index is 13.4. The number of carbonyl (C=O) groups is 3. The number of benzene rings is 2. The van der Waals surface area contributed by atoms with Crippen molar-refractivity contribution in [3.05, 3.63) is 77.6 Å². The van der Waals surface area contributed by atoms with Gasteiger partial charge in [0.05, 0.1) is 23.6 Å². The molecule has 6 nitrogen and oxygen atoms in total. The molecule has 3 aliphatic heterocycles. The number of halogens is 1. The monoisotopic (exact) mass is 403 g/mol. The van der Waals surface area contributed by atoms with Crippen molar-refractivity contribution >= 4 is 29.5 Å². The van der Waals surface area contributed by atoms with E-state index in [-0.39, 0.29) is 17.3 Å². The van der Waals surface area contributed by atoms with Gasteiger partial charge in [0.1, 0.15) is 11.9 Å². The SMILES string of the molecule is Cc1ccc(N2C(=O)[C@@H]3[C@H](C2=O)[C@H](C(=O)c2ccc(F)cc2)N2N=CC=C[C@@H]32)cc1. The van der Waals surface area contributed by atoms with Gasteiger partial charge in [-0.3, -0.25) is 19.4 Å². The van der Waals surface area contributed by atoms with Crippen LogP contribution in [0.15, 0.2) is 65.8 Å². The van der Waals surface area contributed by atoms with Crippen LogP contribution in [-0.2, 0) is 9.59 Å². The van der Waals surface area contributed by atoms with E-state index in [0.717, 1.165) is 5.56 Å². The number of rotatable bonds is 3. The maximum Gasteiger partial charge on any atom is 0.240 e. The number of hydrogen-bond acceptors (Lipinski definition) is 5. The average molecular weight is 403 g/mol. The van der Waals surface area contributed by atoms with E-state index < -0.39 is 35.6 Å². The van der Waals surface area contributed by atoms with E-state index in [1.807, 2.05) is 19.1 Å². The molecule has 3 aliphatic rings. The van der Waals surface area contributed by atoms with Gasteiger partial charge in [-0.15, -0.1) is 0 Å². The summed E-state index contributed by atoms with van der Waals surface area (Å²) in [6.45, 7) is 1.92. The predicted molar refractivity (Wildman–Crippen MR) is 108 cm³/mol. The first-order valence-corrected chi connectivity index (χ1v) is 9.71. The molecule has 2 saturated heterocycles. The van der Waals surface area contributed by atoms with Gasteiger partial charge in [-0.25, -0.2) is 9.29 Å². The molecule has 0 unspecified atom stereocenters. The van der Waals surface area contributed by atoms with Crippen LogP contribution in [0.25, 0.3) is 0 Å². The molecule has 2 aromatic rings. The number of allylic oxidation sites excluding steroid dienone is 1. The summed E-state index contributed by atoms with van der Waals surface area (Å²) in [5.41, 5.74) is 1.78. The normalized spacial score (nSPS) is 26.9. The van der Waals surface area contributed by atoms with Gasteiger partial charge >= 0.3 is 0 Å². The van der Waals surface area contributed by atoms with Crippen molar-refractivity contribution in [1.82, 2.24) is 5.01 Å². The van der Waals surface area contributed by atoms with Crippen LogP contribution in [0.2, 0.25) is 0 Å². The fourth-order valence-corrected chi connectivity index (χ4v) is 4.57. The van der Waals surface area contributed by atoms with Crippen LogP contribution in [-0.4, -0.2) is 40.9 Å². The average Bonchev–Trinajstić information content (AvgIpc) is 3.22. The molecular weight excluding hydrogens is 385 g/mol. The number of hydrogen-bond donors (Lipinski definition) is 0. The second-order valence-corrected chi connectivity index (χ2v) is 7.74. The van der Waals surface area contributed by atoms with E-state index >= 15 is 0 Å². The standard InChI is InChI=1S/C23H18FN3O3/c1-13-4-10-16(11-5-13)26-22(29)18-17-3-2-12-25-27(17)20(19(18)23(26)30)21(28)14-6-8-15(24)9-7-14/h2-12,17-20H,1H3/t17-,18-,19-,20+/m0/s1. The minimum Gasteiger partial charge on any atom is -0.292 e. The Balaban J connectivity index is 1.57. The summed E-state index contributed by atoms with van der Waals surface area (Å²) in [7, 11) is 0. The van der Waals surface area contributed by atoms with Crippen LogP contribution in [0.4, 0.5) is 10.1 Å². The summed E-state index contributed by atoms with van der Waals surface area (Å²) in [5.74, 6) is -3.12. The number of anilines is 1. The maximum atomic E-state index is 13.4. The lowest BCUT2D eigenvalue weighted by Gasteiger charge is -2.30. The van der Waals surface area contributed by atoms with Gasteiger partial charge in [0, 0.05) is 11.8 Å². The van der Waals surface area contributed by atoms with E-state index in [2.05, 4.69) is 5.10 Å². The Morgan fingerprint density at radius 2 is 1.63 bits per heavy atom. The molecule has 0 N–H and O–H groups in total. The highest BCUT2D eigenvalue weighted by atomic mass is 19.1. The van der Waals surface area contributed by atoms with E-state index in [1.54, 1.807) is 29.3 Å². The van der Waals surface area contributed by atoms with Crippen LogP contribution in [0.5, 0.6) is 0 Å². The van der Waals surface area contributed by atoms with Crippen LogP contribution in [0.3, 0.4) is 0 Å². The molecule has 3 heterocycles. The molecule has 7 heteroatoms. The van der Waals surface area contributed by atoms with E-state index in [4.69, 9.17) is 0 Å². The first-order chi connectivity index (χ1) is 14.5. The molecule has 0 saturated carbocycles. The first-order valence-electron chi connectivity index (χ1n) is 9.71. The fourth-order valence-electron chi connectivity index (χ4n) is 4.57. The highest BCUT2D eigenvalue weighted by Gasteiger charge is 2.64. The third-order valence-corrected chi connectivity index (χ3v) is 5.98. The Morgan fingerprint density at radius 3 is 2.33 bits per heavy atom. The lowest BCUT2D eigenvalue weighted by atomic mass is 9.86. The molecule has 150 valence electrons. The van der Waals surface area contributed by atoms with Crippen molar-refractivity contribution < 1.29 is 18.8 Å². The number of fused-ring (bicyclic) bond motifs is 3. The molecule has 2 amide bonds. The van der Waals surface area contributed by atoms with Crippen molar-refractivity contribution in [3.8, 4) is 0 Å². The summed E-state index contributed by atoms with van der Waals surface area (Å²) in [6.07, 6.45) is 5.05. The predicted octanol–water partition coefficient (Wildman–Crippen LogP) is 2.73. The van der Waals surface area contributed by atoms with Crippen molar-refractivity contribution in [2.75, 3.05) is 4.90 Å². The van der Waals surface area contributed by atoms with Gasteiger partial charge in [-0.1, -0.05) is 23.8 Å². The molecule has 0 bridgehead atoms. The highest BCUT2D eigenvalue weighted by Crippen LogP contribution is 2.46. The largest absolute Gasteiger partial charge is 0.292 e. The molecule has 0 spiro atoms. The number of carbonyl (C=O) groups excluding carboxylic acids is 3. The number of nitrogens with zero attached hydrogens (tertiary/aromatic N) is 3. The molecule has 5 rings (SSSR count). The van der Waals surface area contributed by atoms with Crippen molar-refractivity contribution in [2.24, 2.45) is 16.9 Å². The highest BCUT2D eigenvalue weighted by molar-refractivity contribution is 6.24. The van der Waals surface area contributed by atoms with Crippen LogP contribution >= 0.6 is 0 Å². The number of aryl methyl sites for hydroxylation is 1. The molecular formula is C23H18FN3O3. The third kappa shape index (κ3) is 2.62. The summed E-state index contributed by atoms with van der Waals surface area (Å²) in [6, 6.07) is 10.9. The lowest BCUT2D eigenvalue weighted by molar-refractivity contribution is -0.123. The molecule has 0 aromatic heterocycles. The lowest BCUT2D eigenvalue weighted by Crippen LogP contribution is -2.46. The van der Waals surface area contributed by atoms with Gasteiger partial charge in [0.25, 0.3) is 0 Å². The third-order valence-electron chi connectivity index (χ3n) is 5.98. The van der Waals surface area contributed by atoms with E-state index in [9.17, 15) is 18.8 Å². The number of ketones is 1. The zero-order chi connectivity index (χ0) is 21.0. The minimum atomic E-state index is -0.932. The van der Waals surface area contributed by atoms with Crippen molar-refractivity contribution in [1.29, 1.82) is 0 Å². The van der Waals surface area contributed by atoms with Crippen LogP contribution in [0.1, 0.15) is 15.9 Å². The van der Waals surface area contributed by atoms with Gasteiger partial charge in [-0.05, 0) is 49.4 Å². The Kier molecular flexibility index (Phi) is 4.13. The van der Waals surface area contributed by atoms with Crippen molar-refractivity contribution in [3.63, 3.8) is 0 Å². The molecule has 0 aliphatic carbocycles. The zero-order valence-corrected chi connectivity index (χ0v) is 16.1. The Morgan fingerprint density at radius 1 is 0.967 bits per heavy atom. The molecule has 30 heavy (non-hydrogen) atoms. The zero-order valence-electron chi connectivity index (χ0n) is 16.1. The summed E-state index contributed by atoms with van der Waals surface area (Å²) >= 11 is 0. The fraction of sp³-hybridized carbons (Fsp3) is 0.217. The quantitative estimate of drug-likeness (QED) is 0.584. The molecule has 0 radical (unpaired) electrons. The summed E-state index contributed by atoms with van der Waals surface area (Å²) < 4.78 is 13.3. The van der Waals surface area contributed by atoms with Crippen LogP contribution in [0, 0.1) is 24.6 Å². The molecule has 2 aromatic carbocycles. The van der Waals surface area contributed by atoms with Gasteiger partial charge < -0.3 is 0 Å². The second kappa shape index (κ2) is 6.73. The van der Waals surface area contributed by atoms with E-state index in [1.165, 1.54) is 35.4 Å². The van der Waals surface area contributed by atoms with Gasteiger partial charge in [-0.2, -0.15) is 5.10 Å². The Hall–Kier alpha value is -3.61. The smallest absolute Gasteiger partial charge is 0.240 e. The van der Waals surface area contributed by atoms with Gasteiger partial charge in [0.15, 0.2) is 5.78 Å². The number of Topliss-reactive ketones (excluding diaryl/α,β-unsaturated/α-hetero) is 1. The van der Waals surface area contributed by atoms with Crippen LogP contribution < -0.4 is 4.90 Å². The summed E-state index contributed by atoms with van der Waals surface area (Å²) in [5, 5.41) is 5.85.